The van der Waals surface area contributed by atoms with E-state index in [1.165, 1.54) is 38.5 Å². The van der Waals surface area contributed by atoms with Crippen molar-refractivity contribution in [3.63, 3.8) is 0 Å². The van der Waals surface area contributed by atoms with Crippen LogP contribution in [0.4, 0.5) is 0 Å². The lowest BCUT2D eigenvalue weighted by Crippen LogP contribution is -2.48. The maximum Gasteiger partial charge on any atom is 0.334 e. The Morgan fingerprint density at radius 1 is 1.21 bits per heavy atom. The van der Waals surface area contributed by atoms with Crippen molar-refractivity contribution in [1.82, 2.24) is 0 Å². The number of esters is 1. The van der Waals surface area contributed by atoms with Crippen molar-refractivity contribution in [2.24, 2.45) is 17.8 Å². The van der Waals surface area contributed by atoms with Gasteiger partial charge in [0.25, 0.3) is 0 Å². The van der Waals surface area contributed by atoms with E-state index in [9.17, 15) is 4.79 Å². The van der Waals surface area contributed by atoms with Crippen LogP contribution in [-0.4, -0.2) is 23.1 Å². The van der Waals surface area contributed by atoms with E-state index in [4.69, 9.17) is 4.74 Å². The molecule has 0 spiro atoms. The zero-order valence-corrected chi connectivity index (χ0v) is 12.6. The molecule has 0 aromatic heterocycles. The van der Waals surface area contributed by atoms with E-state index in [0.717, 1.165) is 23.5 Å². The van der Waals surface area contributed by atoms with Gasteiger partial charge in [-0.1, -0.05) is 6.58 Å². The van der Waals surface area contributed by atoms with Gasteiger partial charge in [-0.25, -0.2) is 4.79 Å². The van der Waals surface area contributed by atoms with Crippen molar-refractivity contribution in [1.29, 1.82) is 0 Å². The number of hydrogen-bond acceptors (Lipinski definition) is 3. The zero-order chi connectivity index (χ0) is 13.5. The van der Waals surface area contributed by atoms with Crippen LogP contribution in [0.15, 0.2) is 12.2 Å². The van der Waals surface area contributed by atoms with Crippen LogP contribution in [0.2, 0.25) is 0 Å². The highest BCUT2D eigenvalue weighted by atomic mass is 32.2. The largest absolute Gasteiger partial charge is 0.463 e. The van der Waals surface area contributed by atoms with Gasteiger partial charge in [-0.15, -0.1) is 0 Å². The first-order valence-electron chi connectivity index (χ1n) is 7.59. The monoisotopic (exact) mass is 280 g/mol. The van der Waals surface area contributed by atoms with Crippen LogP contribution in [0, 0.1) is 17.8 Å². The van der Waals surface area contributed by atoms with Crippen molar-refractivity contribution in [3.8, 4) is 0 Å². The Morgan fingerprint density at radius 3 is 2.21 bits per heavy atom. The van der Waals surface area contributed by atoms with E-state index in [-0.39, 0.29) is 5.97 Å². The fraction of sp³-hybridized carbons (Fsp3) is 0.812. The summed E-state index contributed by atoms with van der Waals surface area (Å²) >= 11 is 2.00. The molecule has 4 aliphatic rings. The molecule has 0 saturated heterocycles. The maximum atomic E-state index is 11.6. The highest BCUT2D eigenvalue weighted by Crippen LogP contribution is 2.60. The standard InChI is InChI=1S/C16H24O2S/c1-3-18-15(17)11(2)10-19-16-7-12-4-13(8-16)6-14(5-12)9-16/h12-14H,2-10H2,1H3. The van der Waals surface area contributed by atoms with Gasteiger partial charge >= 0.3 is 5.97 Å². The number of ether oxygens (including phenoxy) is 1. The zero-order valence-electron chi connectivity index (χ0n) is 11.8. The summed E-state index contributed by atoms with van der Waals surface area (Å²) in [5.41, 5.74) is 0.641. The second kappa shape index (κ2) is 5.16. The van der Waals surface area contributed by atoms with Gasteiger partial charge in [0, 0.05) is 16.1 Å². The quantitative estimate of drug-likeness (QED) is 0.566. The molecule has 0 aromatic rings. The molecule has 0 radical (unpaired) electrons. The summed E-state index contributed by atoms with van der Waals surface area (Å²) in [4.78, 5) is 11.6. The predicted molar refractivity (Wildman–Crippen MR) is 79.1 cm³/mol. The molecule has 4 saturated carbocycles. The molecule has 3 heteroatoms. The van der Waals surface area contributed by atoms with Gasteiger partial charge in [-0.2, -0.15) is 11.8 Å². The van der Waals surface area contributed by atoms with E-state index in [1.807, 2.05) is 18.7 Å². The highest BCUT2D eigenvalue weighted by molar-refractivity contribution is 8.00. The van der Waals surface area contributed by atoms with Crippen molar-refractivity contribution < 1.29 is 9.53 Å². The number of hydrogen-bond donors (Lipinski definition) is 0. The Hall–Kier alpha value is -0.440. The number of carbonyl (C=O) groups is 1. The average molecular weight is 280 g/mol. The Labute approximate surface area is 120 Å². The van der Waals surface area contributed by atoms with Crippen molar-refractivity contribution in [2.75, 3.05) is 12.4 Å². The molecule has 0 amide bonds. The SMILES string of the molecule is C=C(CSC12CC3CC(CC(C3)C1)C2)C(=O)OCC. The number of carbonyl (C=O) groups excluding carboxylic acids is 1. The average Bonchev–Trinajstić information content (AvgIpc) is 2.34. The number of rotatable bonds is 5. The molecular formula is C16H24O2S. The molecule has 0 aromatic carbocycles. The molecular weight excluding hydrogens is 256 g/mol. The van der Waals surface area contributed by atoms with Crippen LogP contribution in [0.25, 0.3) is 0 Å². The third kappa shape index (κ3) is 2.72. The summed E-state index contributed by atoms with van der Waals surface area (Å²) in [6.45, 7) is 6.18. The molecule has 0 unspecified atom stereocenters. The summed E-state index contributed by atoms with van der Waals surface area (Å²) in [5.74, 6) is 3.45. The molecule has 106 valence electrons. The van der Waals surface area contributed by atoms with Crippen molar-refractivity contribution in [2.45, 2.75) is 50.2 Å². The fourth-order valence-electron chi connectivity index (χ4n) is 4.74. The molecule has 4 rings (SSSR count). The van der Waals surface area contributed by atoms with E-state index in [1.54, 1.807) is 0 Å². The maximum absolute atomic E-state index is 11.6. The summed E-state index contributed by atoms with van der Waals surface area (Å²) in [6.07, 6.45) is 8.54. The molecule has 4 fully saturated rings. The first kappa shape index (κ1) is 13.5. The van der Waals surface area contributed by atoms with Gasteiger partial charge in [0.2, 0.25) is 0 Å². The molecule has 0 N–H and O–H groups in total. The minimum Gasteiger partial charge on any atom is -0.463 e. The first-order chi connectivity index (χ1) is 9.10. The predicted octanol–water partition coefficient (Wildman–Crippen LogP) is 3.81. The summed E-state index contributed by atoms with van der Waals surface area (Å²) in [6, 6.07) is 0. The smallest absolute Gasteiger partial charge is 0.334 e. The second-order valence-electron chi connectivity index (χ2n) is 6.71. The third-order valence-corrected chi connectivity index (χ3v) is 6.70. The molecule has 4 aliphatic carbocycles. The van der Waals surface area contributed by atoms with Gasteiger partial charge in [0.15, 0.2) is 0 Å². The van der Waals surface area contributed by atoms with Crippen LogP contribution >= 0.6 is 11.8 Å². The van der Waals surface area contributed by atoms with E-state index in [2.05, 4.69) is 6.58 Å². The van der Waals surface area contributed by atoms with Crippen molar-refractivity contribution in [3.05, 3.63) is 12.2 Å². The van der Waals surface area contributed by atoms with Gasteiger partial charge in [-0.3, -0.25) is 0 Å². The normalized spacial score (nSPS) is 39.3. The molecule has 2 nitrogen and oxygen atoms in total. The van der Waals surface area contributed by atoms with Gasteiger partial charge in [0.05, 0.1) is 6.61 Å². The summed E-state index contributed by atoms with van der Waals surface area (Å²) in [5, 5.41) is 0. The highest BCUT2D eigenvalue weighted by Gasteiger charge is 2.51. The van der Waals surface area contributed by atoms with Gasteiger partial charge in [0.1, 0.15) is 0 Å². The Kier molecular flexibility index (Phi) is 3.67. The molecule has 0 heterocycles. The fourth-order valence-corrected chi connectivity index (χ4v) is 6.40. The van der Waals surface area contributed by atoms with Crippen molar-refractivity contribution >= 4 is 17.7 Å². The molecule has 0 atom stereocenters. The molecule has 0 aliphatic heterocycles. The summed E-state index contributed by atoms with van der Waals surface area (Å²) in [7, 11) is 0. The molecule has 19 heavy (non-hydrogen) atoms. The van der Waals surface area contributed by atoms with Crippen LogP contribution in [-0.2, 0) is 9.53 Å². The van der Waals surface area contributed by atoms with Gasteiger partial charge < -0.3 is 4.74 Å². The van der Waals surface area contributed by atoms with Crippen LogP contribution in [0.1, 0.15) is 45.4 Å². The van der Waals surface area contributed by atoms with Crippen LogP contribution in [0.5, 0.6) is 0 Å². The molecule has 4 bridgehead atoms. The van der Waals surface area contributed by atoms with Crippen LogP contribution < -0.4 is 0 Å². The lowest BCUT2D eigenvalue weighted by Gasteiger charge is -2.56. The second-order valence-corrected chi connectivity index (χ2v) is 8.16. The Morgan fingerprint density at radius 2 is 1.74 bits per heavy atom. The van der Waals surface area contributed by atoms with Crippen LogP contribution in [0.3, 0.4) is 0 Å². The van der Waals surface area contributed by atoms with E-state index in [0.29, 0.717) is 16.9 Å². The lowest BCUT2D eigenvalue weighted by molar-refractivity contribution is -0.138. The van der Waals surface area contributed by atoms with Gasteiger partial charge in [-0.05, 0) is 63.2 Å². The Balaban J connectivity index is 1.58. The third-order valence-electron chi connectivity index (χ3n) is 5.10. The summed E-state index contributed by atoms with van der Waals surface area (Å²) < 4.78 is 5.49. The Bertz CT molecular complexity index is 353. The van der Waals surface area contributed by atoms with E-state index >= 15 is 0 Å². The minimum atomic E-state index is -0.209. The lowest BCUT2D eigenvalue weighted by atomic mass is 9.56. The number of thioether (sulfide) groups is 1. The topological polar surface area (TPSA) is 26.3 Å². The minimum absolute atomic E-state index is 0.209. The van der Waals surface area contributed by atoms with E-state index < -0.39 is 0 Å². The first-order valence-corrected chi connectivity index (χ1v) is 8.57.